The highest BCUT2D eigenvalue weighted by Gasteiger charge is 2.15. The number of thiocarbonyl (C=S) groups is 1. The Bertz CT molecular complexity index is 815. The number of ether oxygens (including phenoxy) is 2. The average molecular weight is 448 g/mol. The second-order valence-electron chi connectivity index (χ2n) is 7.22. The van der Waals surface area contributed by atoms with Crippen LogP contribution in [0.15, 0.2) is 48.5 Å². The molecule has 0 amide bonds. The first kappa shape index (κ1) is 22.8. The molecule has 3 rings (SSSR count). The van der Waals surface area contributed by atoms with Crippen LogP contribution in [-0.4, -0.2) is 60.9 Å². The van der Waals surface area contributed by atoms with Crippen molar-refractivity contribution in [2.45, 2.75) is 19.9 Å². The Balaban J connectivity index is 1.66. The van der Waals surface area contributed by atoms with E-state index in [1.54, 1.807) is 0 Å². The standard InChI is InChI=1S/C23H30ClN3O2S/c1-2-29-22-10-4-3-9-21(22)25-23(30)27(18-19-7-5-8-20(24)17-19)12-6-11-26-13-15-28-16-14-26/h3-5,7-10,17H,2,6,11-16,18H2,1H3,(H,25,30). The Morgan fingerprint density at radius 3 is 2.77 bits per heavy atom. The molecule has 2 aromatic rings. The van der Waals surface area contributed by atoms with Gasteiger partial charge in [-0.1, -0.05) is 35.9 Å². The molecule has 7 heteroatoms. The highest BCUT2D eigenvalue weighted by molar-refractivity contribution is 7.80. The first-order valence-electron chi connectivity index (χ1n) is 10.5. The van der Waals surface area contributed by atoms with Crippen molar-refractivity contribution in [2.75, 3.05) is 51.3 Å². The van der Waals surface area contributed by atoms with Gasteiger partial charge in [0.05, 0.1) is 25.5 Å². The summed E-state index contributed by atoms with van der Waals surface area (Å²) in [5.74, 6) is 0.804. The van der Waals surface area contributed by atoms with Crippen molar-refractivity contribution < 1.29 is 9.47 Å². The summed E-state index contributed by atoms with van der Waals surface area (Å²) < 4.78 is 11.2. The normalized spacial score (nSPS) is 14.3. The number of hydrogen-bond donors (Lipinski definition) is 1. The van der Waals surface area contributed by atoms with Crippen LogP contribution >= 0.6 is 23.8 Å². The van der Waals surface area contributed by atoms with E-state index in [2.05, 4.69) is 21.2 Å². The largest absolute Gasteiger partial charge is 0.492 e. The van der Waals surface area contributed by atoms with Gasteiger partial charge >= 0.3 is 0 Å². The number of morpholine rings is 1. The van der Waals surface area contributed by atoms with Crippen LogP contribution in [0.5, 0.6) is 5.75 Å². The Hall–Kier alpha value is -1.86. The molecule has 1 aliphatic heterocycles. The highest BCUT2D eigenvalue weighted by Crippen LogP contribution is 2.24. The molecule has 0 unspecified atom stereocenters. The van der Waals surface area contributed by atoms with Crippen LogP contribution in [0.1, 0.15) is 18.9 Å². The Labute approximate surface area is 189 Å². The van der Waals surface area contributed by atoms with Gasteiger partial charge in [0.15, 0.2) is 5.11 Å². The van der Waals surface area contributed by atoms with Gasteiger partial charge in [-0.25, -0.2) is 0 Å². The minimum atomic E-state index is 0.608. The Morgan fingerprint density at radius 1 is 1.20 bits per heavy atom. The molecule has 2 aromatic carbocycles. The maximum Gasteiger partial charge on any atom is 0.173 e. The monoisotopic (exact) mass is 447 g/mol. The molecule has 5 nitrogen and oxygen atoms in total. The molecule has 1 saturated heterocycles. The molecule has 1 heterocycles. The van der Waals surface area contributed by atoms with Crippen molar-refractivity contribution in [3.63, 3.8) is 0 Å². The highest BCUT2D eigenvalue weighted by atomic mass is 35.5. The van der Waals surface area contributed by atoms with Gasteiger partial charge < -0.3 is 19.7 Å². The predicted octanol–water partition coefficient (Wildman–Crippen LogP) is 4.66. The third-order valence-corrected chi connectivity index (χ3v) is 5.58. The lowest BCUT2D eigenvalue weighted by atomic mass is 10.2. The molecular weight excluding hydrogens is 418 g/mol. The van der Waals surface area contributed by atoms with Crippen molar-refractivity contribution in [1.29, 1.82) is 0 Å². The van der Waals surface area contributed by atoms with E-state index in [1.807, 2.05) is 49.4 Å². The fourth-order valence-corrected chi connectivity index (χ4v) is 3.94. The summed E-state index contributed by atoms with van der Waals surface area (Å²) in [7, 11) is 0. The van der Waals surface area contributed by atoms with Crippen LogP contribution < -0.4 is 10.1 Å². The van der Waals surface area contributed by atoms with E-state index in [0.717, 1.165) is 67.8 Å². The van der Waals surface area contributed by atoms with E-state index in [-0.39, 0.29) is 0 Å². The van der Waals surface area contributed by atoms with E-state index in [1.165, 1.54) is 0 Å². The molecule has 0 atom stereocenters. The Morgan fingerprint density at radius 2 is 2.00 bits per heavy atom. The average Bonchev–Trinajstić information content (AvgIpc) is 2.75. The van der Waals surface area contributed by atoms with Gasteiger partial charge in [0.1, 0.15) is 5.75 Å². The van der Waals surface area contributed by atoms with E-state index in [0.29, 0.717) is 18.3 Å². The molecule has 162 valence electrons. The molecule has 0 bridgehead atoms. The zero-order chi connectivity index (χ0) is 21.2. The minimum absolute atomic E-state index is 0.608. The smallest absolute Gasteiger partial charge is 0.173 e. The molecule has 0 aliphatic carbocycles. The van der Waals surface area contributed by atoms with Gasteiger partial charge in [0.25, 0.3) is 0 Å². The predicted molar refractivity (Wildman–Crippen MR) is 128 cm³/mol. The molecule has 1 fully saturated rings. The zero-order valence-electron chi connectivity index (χ0n) is 17.5. The van der Waals surface area contributed by atoms with Gasteiger partial charge in [-0.15, -0.1) is 0 Å². The van der Waals surface area contributed by atoms with Crippen LogP contribution in [0.3, 0.4) is 0 Å². The summed E-state index contributed by atoms with van der Waals surface area (Å²) in [5.41, 5.74) is 2.02. The number of nitrogens with zero attached hydrogens (tertiary/aromatic N) is 2. The van der Waals surface area contributed by atoms with Crippen molar-refractivity contribution in [1.82, 2.24) is 9.80 Å². The van der Waals surface area contributed by atoms with Gasteiger partial charge in [0.2, 0.25) is 0 Å². The van der Waals surface area contributed by atoms with Crippen LogP contribution in [0.25, 0.3) is 0 Å². The minimum Gasteiger partial charge on any atom is -0.492 e. The number of halogens is 1. The fourth-order valence-electron chi connectivity index (χ4n) is 3.46. The number of nitrogens with one attached hydrogen (secondary N) is 1. The molecule has 1 aliphatic rings. The van der Waals surface area contributed by atoms with Crippen LogP contribution in [0.2, 0.25) is 5.02 Å². The van der Waals surface area contributed by atoms with Crippen molar-refractivity contribution in [2.24, 2.45) is 0 Å². The van der Waals surface area contributed by atoms with Gasteiger partial charge in [0, 0.05) is 37.7 Å². The van der Waals surface area contributed by atoms with E-state index in [4.69, 9.17) is 33.3 Å². The van der Waals surface area contributed by atoms with Gasteiger partial charge in [-0.3, -0.25) is 4.90 Å². The van der Waals surface area contributed by atoms with Gasteiger partial charge in [-0.2, -0.15) is 0 Å². The summed E-state index contributed by atoms with van der Waals surface area (Å²) in [4.78, 5) is 4.64. The molecule has 0 aromatic heterocycles. The second-order valence-corrected chi connectivity index (χ2v) is 8.04. The number of benzene rings is 2. The molecular formula is C23H30ClN3O2S. The number of hydrogen-bond acceptors (Lipinski definition) is 4. The van der Waals surface area contributed by atoms with Crippen LogP contribution in [0, 0.1) is 0 Å². The van der Waals surface area contributed by atoms with E-state index >= 15 is 0 Å². The Kier molecular flexibility index (Phi) is 9.21. The van der Waals surface area contributed by atoms with E-state index < -0.39 is 0 Å². The van der Waals surface area contributed by atoms with Crippen molar-refractivity contribution >= 4 is 34.6 Å². The number of para-hydroxylation sites is 2. The topological polar surface area (TPSA) is 37.0 Å². The quantitative estimate of drug-likeness (QED) is 0.563. The lowest BCUT2D eigenvalue weighted by Gasteiger charge is -2.30. The zero-order valence-corrected chi connectivity index (χ0v) is 19.1. The third kappa shape index (κ3) is 7.13. The first-order chi connectivity index (χ1) is 14.7. The molecule has 0 radical (unpaired) electrons. The molecule has 0 saturated carbocycles. The molecule has 0 spiro atoms. The summed E-state index contributed by atoms with van der Waals surface area (Å²) in [6.07, 6.45) is 1.02. The van der Waals surface area contributed by atoms with Crippen LogP contribution in [-0.2, 0) is 11.3 Å². The summed E-state index contributed by atoms with van der Waals surface area (Å²) in [6, 6.07) is 15.8. The summed E-state index contributed by atoms with van der Waals surface area (Å²) >= 11 is 12.0. The third-order valence-electron chi connectivity index (χ3n) is 4.98. The molecule has 1 N–H and O–H groups in total. The van der Waals surface area contributed by atoms with Crippen LogP contribution in [0.4, 0.5) is 5.69 Å². The number of anilines is 1. The van der Waals surface area contributed by atoms with Crippen molar-refractivity contribution in [3.05, 3.63) is 59.1 Å². The summed E-state index contributed by atoms with van der Waals surface area (Å²) in [6.45, 7) is 8.81. The SMILES string of the molecule is CCOc1ccccc1NC(=S)N(CCCN1CCOCC1)Cc1cccc(Cl)c1. The fraction of sp³-hybridized carbons (Fsp3) is 0.435. The second kappa shape index (κ2) is 12.1. The number of rotatable bonds is 9. The van der Waals surface area contributed by atoms with Gasteiger partial charge in [-0.05, 0) is 55.4 Å². The lowest BCUT2D eigenvalue weighted by Crippen LogP contribution is -2.40. The lowest BCUT2D eigenvalue weighted by molar-refractivity contribution is 0.0368. The first-order valence-corrected chi connectivity index (χ1v) is 11.3. The van der Waals surface area contributed by atoms with Crippen molar-refractivity contribution in [3.8, 4) is 5.75 Å². The van der Waals surface area contributed by atoms with E-state index in [9.17, 15) is 0 Å². The molecule has 30 heavy (non-hydrogen) atoms. The summed E-state index contributed by atoms with van der Waals surface area (Å²) in [5, 5.41) is 4.81. The maximum atomic E-state index is 6.20. The maximum absolute atomic E-state index is 6.20.